The van der Waals surface area contributed by atoms with Crippen molar-refractivity contribution >= 4 is 16.0 Å². The van der Waals surface area contributed by atoms with E-state index in [4.69, 9.17) is 5.11 Å². The van der Waals surface area contributed by atoms with Crippen LogP contribution in [-0.4, -0.2) is 46.2 Å². The minimum Gasteiger partial charge on any atom is -0.481 e. The average Bonchev–Trinajstić information content (AvgIpc) is 2.84. The lowest BCUT2D eigenvalue weighted by molar-refractivity contribution is -0.136. The van der Waals surface area contributed by atoms with Crippen LogP contribution in [0.5, 0.6) is 0 Å². The van der Waals surface area contributed by atoms with Gasteiger partial charge in [-0.15, -0.1) is 5.10 Å². The maximum Gasteiger partial charge on any atom is 0.304 e. The summed E-state index contributed by atoms with van der Waals surface area (Å²) in [6, 6.07) is 6.09. The summed E-state index contributed by atoms with van der Waals surface area (Å²) in [6.07, 6.45) is -0.286. The third kappa shape index (κ3) is 3.61. The maximum absolute atomic E-state index is 12.1. The first-order chi connectivity index (χ1) is 9.90. The van der Waals surface area contributed by atoms with E-state index in [0.29, 0.717) is 11.4 Å². The number of sulfonamides is 1. The summed E-state index contributed by atoms with van der Waals surface area (Å²) in [5, 5.41) is 19.5. The number of aliphatic carboxylic acids is 1. The number of nitrogens with zero attached hydrogens (tertiary/aromatic N) is 4. The van der Waals surface area contributed by atoms with Gasteiger partial charge in [-0.25, -0.2) is 17.8 Å². The fourth-order valence-corrected chi connectivity index (χ4v) is 2.73. The summed E-state index contributed by atoms with van der Waals surface area (Å²) in [4.78, 5) is 10.4. The Morgan fingerprint density at radius 1 is 1.43 bits per heavy atom. The van der Waals surface area contributed by atoms with Crippen molar-refractivity contribution in [2.75, 3.05) is 6.54 Å². The Hall–Kier alpha value is -2.33. The number of hydrogen-bond donors (Lipinski definition) is 2. The van der Waals surface area contributed by atoms with Crippen LogP contribution >= 0.6 is 0 Å². The molecule has 0 bridgehead atoms. The zero-order valence-corrected chi connectivity index (χ0v) is 11.9. The van der Waals surface area contributed by atoms with Crippen LogP contribution in [0, 0.1) is 0 Å². The number of carboxylic acid groups (broad SMARTS) is 1. The molecule has 0 saturated heterocycles. The molecule has 0 aliphatic carbocycles. The molecule has 0 aliphatic heterocycles. The molecule has 2 aromatic rings. The van der Waals surface area contributed by atoms with Crippen LogP contribution < -0.4 is 4.72 Å². The molecule has 9 nitrogen and oxygen atoms in total. The molecule has 21 heavy (non-hydrogen) atoms. The van der Waals surface area contributed by atoms with Crippen molar-refractivity contribution in [1.29, 1.82) is 0 Å². The van der Waals surface area contributed by atoms with Crippen LogP contribution in [0.3, 0.4) is 0 Å². The number of aromatic nitrogens is 4. The highest BCUT2D eigenvalue weighted by Crippen LogP contribution is 2.19. The van der Waals surface area contributed by atoms with Crippen molar-refractivity contribution in [2.24, 2.45) is 7.05 Å². The van der Waals surface area contributed by atoms with E-state index >= 15 is 0 Å². The number of tetrazole rings is 1. The molecule has 10 heteroatoms. The lowest BCUT2D eigenvalue weighted by Crippen LogP contribution is -2.26. The smallest absolute Gasteiger partial charge is 0.304 e. The fraction of sp³-hybridized carbons (Fsp3) is 0.273. The molecule has 2 N–H and O–H groups in total. The lowest BCUT2D eigenvalue weighted by Gasteiger charge is -2.07. The van der Waals surface area contributed by atoms with Gasteiger partial charge in [0.1, 0.15) is 0 Å². The largest absolute Gasteiger partial charge is 0.481 e. The minimum absolute atomic E-state index is 0.0217. The van der Waals surface area contributed by atoms with E-state index < -0.39 is 16.0 Å². The van der Waals surface area contributed by atoms with Crippen LogP contribution in [-0.2, 0) is 21.9 Å². The third-order valence-corrected chi connectivity index (χ3v) is 4.11. The standard InChI is InChI=1S/C11H13N5O4S/c1-16-11(13-14-15-16)8-3-2-4-9(7-8)21(19,20)12-6-5-10(17)18/h2-4,7,12H,5-6H2,1H3,(H,17,18). The predicted molar refractivity (Wildman–Crippen MR) is 71.7 cm³/mol. The highest BCUT2D eigenvalue weighted by molar-refractivity contribution is 7.89. The molecule has 1 aromatic heterocycles. The second-order valence-corrected chi connectivity index (χ2v) is 5.96. The molecule has 0 unspecified atom stereocenters. The number of aryl methyl sites for hydroxylation is 1. The Morgan fingerprint density at radius 2 is 2.19 bits per heavy atom. The Kier molecular flexibility index (Phi) is 4.29. The normalized spacial score (nSPS) is 11.5. The van der Waals surface area contributed by atoms with Crippen molar-refractivity contribution < 1.29 is 18.3 Å². The second-order valence-electron chi connectivity index (χ2n) is 4.20. The molecule has 1 heterocycles. The van der Waals surface area contributed by atoms with Gasteiger partial charge >= 0.3 is 5.97 Å². The van der Waals surface area contributed by atoms with Gasteiger partial charge in [0.05, 0.1) is 11.3 Å². The first kappa shape index (κ1) is 15.1. The van der Waals surface area contributed by atoms with Crippen molar-refractivity contribution in [3.63, 3.8) is 0 Å². The summed E-state index contributed by atoms with van der Waals surface area (Å²) in [5.41, 5.74) is 0.545. The SMILES string of the molecule is Cn1nnnc1-c1cccc(S(=O)(=O)NCCC(=O)O)c1. The molecule has 0 spiro atoms. The Bertz CT molecular complexity index is 755. The van der Waals surface area contributed by atoms with Crippen LogP contribution in [0.15, 0.2) is 29.2 Å². The monoisotopic (exact) mass is 311 g/mol. The quantitative estimate of drug-likeness (QED) is 0.745. The van der Waals surface area contributed by atoms with Crippen molar-refractivity contribution in [2.45, 2.75) is 11.3 Å². The number of nitrogens with one attached hydrogen (secondary N) is 1. The number of rotatable bonds is 6. The Morgan fingerprint density at radius 3 is 2.81 bits per heavy atom. The topological polar surface area (TPSA) is 127 Å². The van der Waals surface area contributed by atoms with Gasteiger partial charge in [0.15, 0.2) is 5.82 Å². The zero-order valence-electron chi connectivity index (χ0n) is 11.1. The number of hydrogen-bond acceptors (Lipinski definition) is 6. The summed E-state index contributed by atoms with van der Waals surface area (Å²) in [6.45, 7) is -0.173. The molecule has 0 saturated carbocycles. The van der Waals surface area contributed by atoms with Crippen molar-refractivity contribution in [3.05, 3.63) is 24.3 Å². The van der Waals surface area contributed by atoms with E-state index in [1.54, 1.807) is 19.2 Å². The van der Waals surface area contributed by atoms with Gasteiger partial charge in [0.2, 0.25) is 10.0 Å². The highest BCUT2D eigenvalue weighted by Gasteiger charge is 2.16. The molecule has 1 aromatic carbocycles. The fourth-order valence-electron chi connectivity index (χ4n) is 1.65. The van der Waals surface area contributed by atoms with Gasteiger partial charge in [-0.3, -0.25) is 4.79 Å². The maximum atomic E-state index is 12.1. The van der Waals surface area contributed by atoms with Crippen LogP contribution in [0.2, 0.25) is 0 Å². The average molecular weight is 311 g/mol. The molecular weight excluding hydrogens is 298 g/mol. The van der Waals surface area contributed by atoms with E-state index in [1.807, 2.05) is 0 Å². The summed E-state index contributed by atoms with van der Waals surface area (Å²) in [5.74, 6) is -0.644. The number of carboxylic acids is 1. The van der Waals surface area contributed by atoms with Gasteiger partial charge in [-0.2, -0.15) is 0 Å². The summed E-state index contributed by atoms with van der Waals surface area (Å²) >= 11 is 0. The zero-order chi connectivity index (χ0) is 15.5. The molecular formula is C11H13N5O4S. The summed E-state index contributed by atoms with van der Waals surface area (Å²) < 4.78 is 27.8. The van der Waals surface area contributed by atoms with Crippen molar-refractivity contribution in [3.8, 4) is 11.4 Å². The molecule has 0 amide bonds. The highest BCUT2D eigenvalue weighted by atomic mass is 32.2. The molecule has 2 rings (SSSR count). The van der Waals surface area contributed by atoms with E-state index in [2.05, 4.69) is 20.2 Å². The Balaban J connectivity index is 2.25. The van der Waals surface area contributed by atoms with E-state index in [0.717, 1.165) is 0 Å². The van der Waals surface area contributed by atoms with Crippen molar-refractivity contribution in [1.82, 2.24) is 24.9 Å². The van der Waals surface area contributed by atoms with Gasteiger partial charge in [0.25, 0.3) is 0 Å². The predicted octanol–water partition coefficient (Wildman–Crippen LogP) is -0.370. The molecule has 0 fully saturated rings. The number of benzene rings is 1. The second kappa shape index (κ2) is 5.97. The van der Waals surface area contributed by atoms with E-state index in [1.165, 1.54) is 16.8 Å². The Labute approximate surface area is 120 Å². The van der Waals surface area contributed by atoms with Crippen LogP contribution in [0.1, 0.15) is 6.42 Å². The van der Waals surface area contributed by atoms with Gasteiger partial charge < -0.3 is 5.11 Å². The van der Waals surface area contributed by atoms with Crippen LogP contribution in [0.25, 0.3) is 11.4 Å². The summed E-state index contributed by atoms with van der Waals surface area (Å²) in [7, 11) is -2.13. The molecule has 0 atom stereocenters. The van der Waals surface area contributed by atoms with Crippen LogP contribution in [0.4, 0.5) is 0 Å². The van der Waals surface area contributed by atoms with Gasteiger partial charge in [-0.05, 0) is 22.6 Å². The van der Waals surface area contributed by atoms with Gasteiger partial charge in [0, 0.05) is 19.2 Å². The number of carbonyl (C=O) groups is 1. The first-order valence-electron chi connectivity index (χ1n) is 5.94. The molecule has 0 aliphatic rings. The first-order valence-corrected chi connectivity index (χ1v) is 7.43. The molecule has 112 valence electrons. The third-order valence-electron chi connectivity index (χ3n) is 2.65. The lowest BCUT2D eigenvalue weighted by atomic mass is 10.2. The minimum atomic E-state index is -3.77. The van der Waals surface area contributed by atoms with E-state index in [9.17, 15) is 13.2 Å². The molecule has 0 radical (unpaired) electrons. The van der Waals surface area contributed by atoms with Gasteiger partial charge in [-0.1, -0.05) is 12.1 Å². The van der Waals surface area contributed by atoms with E-state index in [-0.39, 0.29) is 17.9 Å².